The third-order valence-electron chi connectivity index (χ3n) is 5.52. The number of aromatic nitrogens is 2. The molecule has 158 valence electrons. The van der Waals surface area contributed by atoms with E-state index in [1.165, 1.54) is 12.7 Å². The fourth-order valence-corrected chi connectivity index (χ4v) is 3.98. The van der Waals surface area contributed by atoms with Gasteiger partial charge in [0.1, 0.15) is 6.04 Å². The van der Waals surface area contributed by atoms with Crippen molar-refractivity contribution in [3.8, 4) is 0 Å². The molecule has 0 bridgehead atoms. The van der Waals surface area contributed by atoms with E-state index in [1.54, 1.807) is 4.57 Å². The van der Waals surface area contributed by atoms with Crippen molar-refractivity contribution in [3.63, 3.8) is 0 Å². The summed E-state index contributed by atoms with van der Waals surface area (Å²) in [5.74, 6) is -2.17. The highest BCUT2D eigenvalue weighted by Crippen LogP contribution is 2.26. The van der Waals surface area contributed by atoms with Gasteiger partial charge in [-0.3, -0.25) is 9.59 Å². The van der Waals surface area contributed by atoms with E-state index in [0.29, 0.717) is 24.1 Å². The van der Waals surface area contributed by atoms with Crippen molar-refractivity contribution in [1.29, 1.82) is 0 Å². The molecule has 1 heterocycles. The van der Waals surface area contributed by atoms with Gasteiger partial charge in [0.15, 0.2) is 11.6 Å². The quantitative estimate of drug-likeness (QED) is 0.693. The SMILES string of the molecule is CC(C)C(C(=O)NCCNC(=O)C1CCCCC1)n1cnc2cc(F)c(F)cc21. The number of hydrogen-bond acceptors (Lipinski definition) is 3. The topological polar surface area (TPSA) is 76.0 Å². The van der Waals surface area contributed by atoms with Crippen molar-refractivity contribution in [1.82, 2.24) is 20.2 Å². The summed E-state index contributed by atoms with van der Waals surface area (Å²) in [5, 5.41) is 5.72. The van der Waals surface area contributed by atoms with E-state index < -0.39 is 17.7 Å². The number of amides is 2. The average Bonchev–Trinajstić information content (AvgIpc) is 3.08. The highest BCUT2D eigenvalue weighted by molar-refractivity contribution is 5.84. The molecule has 2 amide bonds. The first-order chi connectivity index (χ1) is 13.9. The lowest BCUT2D eigenvalue weighted by atomic mass is 9.89. The molecule has 0 saturated heterocycles. The lowest BCUT2D eigenvalue weighted by Crippen LogP contribution is -2.41. The Balaban J connectivity index is 1.60. The normalized spacial score (nSPS) is 16.2. The van der Waals surface area contributed by atoms with Gasteiger partial charge >= 0.3 is 0 Å². The van der Waals surface area contributed by atoms with Gasteiger partial charge in [0.05, 0.1) is 17.4 Å². The van der Waals surface area contributed by atoms with Gasteiger partial charge in [-0.1, -0.05) is 33.1 Å². The number of nitrogens with one attached hydrogen (secondary N) is 2. The van der Waals surface area contributed by atoms with Crippen molar-refractivity contribution in [2.45, 2.75) is 52.0 Å². The minimum Gasteiger partial charge on any atom is -0.354 e. The van der Waals surface area contributed by atoms with E-state index >= 15 is 0 Å². The third-order valence-corrected chi connectivity index (χ3v) is 5.52. The molecule has 8 heteroatoms. The van der Waals surface area contributed by atoms with Crippen LogP contribution in [-0.2, 0) is 9.59 Å². The Morgan fingerprint density at radius 2 is 1.76 bits per heavy atom. The maximum absolute atomic E-state index is 13.7. The van der Waals surface area contributed by atoms with Gasteiger partial charge in [0.2, 0.25) is 11.8 Å². The maximum atomic E-state index is 13.7. The zero-order valence-corrected chi connectivity index (χ0v) is 16.9. The summed E-state index contributed by atoms with van der Waals surface area (Å²) >= 11 is 0. The predicted octanol–water partition coefficient (Wildman–Crippen LogP) is 3.32. The molecule has 1 unspecified atom stereocenters. The number of rotatable bonds is 7. The minimum atomic E-state index is -0.979. The second-order valence-corrected chi connectivity index (χ2v) is 8.01. The van der Waals surface area contributed by atoms with Crippen LogP contribution < -0.4 is 10.6 Å². The van der Waals surface area contributed by atoms with Crippen molar-refractivity contribution < 1.29 is 18.4 Å². The minimum absolute atomic E-state index is 0.0532. The van der Waals surface area contributed by atoms with E-state index in [0.717, 1.165) is 37.8 Å². The second kappa shape index (κ2) is 9.33. The Bertz CT molecular complexity index is 875. The van der Waals surface area contributed by atoms with Crippen LogP contribution >= 0.6 is 0 Å². The average molecular weight is 406 g/mol. The number of fused-ring (bicyclic) bond motifs is 1. The molecule has 0 radical (unpaired) electrons. The number of hydrogen-bond donors (Lipinski definition) is 2. The predicted molar refractivity (Wildman–Crippen MR) is 106 cm³/mol. The van der Waals surface area contributed by atoms with E-state index in [9.17, 15) is 18.4 Å². The maximum Gasteiger partial charge on any atom is 0.243 e. The number of nitrogens with zero attached hydrogens (tertiary/aromatic N) is 2. The van der Waals surface area contributed by atoms with Crippen LogP contribution in [0.3, 0.4) is 0 Å². The van der Waals surface area contributed by atoms with E-state index in [1.807, 2.05) is 13.8 Å². The van der Waals surface area contributed by atoms with Gasteiger partial charge in [-0.2, -0.15) is 0 Å². The van der Waals surface area contributed by atoms with Crippen LogP contribution in [0.15, 0.2) is 18.5 Å². The molecule has 0 aliphatic heterocycles. The van der Waals surface area contributed by atoms with Crippen LogP contribution in [0.5, 0.6) is 0 Å². The van der Waals surface area contributed by atoms with Gasteiger partial charge in [-0.05, 0) is 18.8 Å². The number of carbonyl (C=O) groups excluding carboxylic acids is 2. The van der Waals surface area contributed by atoms with E-state index in [2.05, 4.69) is 15.6 Å². The van der Waals surface area contributed by atoms with Gasteiger partial charge in [0, 0.05) is 31.1 Å². The zero-order valence-electron chi connectivity index (χ0n) is 16.9. The van der Waals surface area contributed by atoms with Crippen LogP contribution in [-0.4, -0.2) is 34.5 Å². The van der Waals surface area contributed by atoms with Crippen molar-refractivity contribution in [2.24, 2.45) is 11.8 Å². The lowest BCUT2D eigenvalue weighted by molar-refractivity contribution is -0.127. The second-order valence-electron chi connectivity index (χ2n) is 8.01. The largest absolute Gasteiger partial charge is 0.354 e. The summed E-state index contributed by atoms with van der Waals surface area (Å²) in [6.07, 6.45) is 6.66. The highest BCUT2D eigenvalue weighted by atomic mass is 19.2. The summed E-state index contributed by atoms with van der Waals surface area (Å²) in [6, 6.07) is 1.46. The van der Waals surface area contributed by atoms with Crippen molar-refractivity contribution >= 4 is 22.8 Å². The van der Waals surface area contributed by atoms with Crippen molar-refractivity contribution in [2.75, 3.05) is 13.1 Å². The first kappa shape index (κ1) is 21.2. The molecule has 1 atom stereocenters. The summed E-state index contributed by atoms with van der Waals surface area (Å²) < 4.78 is 28.7. The standard InChI is InChI=1S/C21H28F2N4O2/c1-13(2)19(27-12-26-17-10-15(22)16(23)11-18(17)27)21(29)25-9-8-24-20(28)14-6-4-3-5-7-14/h10-14,19H,3-9H2,1-2H3,(H,24,28)(H,25,29). The number of benzene rings is 1. The molecule has 0 spiro atoms. The third kappa shape index (κ3) is 4.92. The van der Waals surface area contributed by atoms with Gasteiger partial charge in [-0.25, -0.2) is 13.8 Å². The molecule has 1 aromatic carbocycles. The zero-order chi connectivity index (χ0) is 21.0. The first-order valence-corrected chi connectivity index (χ1v) is 10.3. The molecule has 2 N–H and O–H groups in total. The number of carbonyl (C=O) groups is 2. The fraction of sp³-hybridized carbons (Fsp3) is 0.571. The van der Waals surface area contributed by atoms with Crippen LogP contribution in [0.1, 0.15) is 52.0 Å². The molecule has 3 rings (SSSR count). The van der Waals surface area contributed by atoms with E-state index in [-0.39, 0.29) is 23.7 Å². The summed E-state index contributed by atoms with van der Waals surface area (Å²) in [7, 11) is 0. The van der Waals surface area contributed by atoms with Gasteiger partial charge in [0.25, 0.3) is 0 Å². The summed E-state index contributed by atoms with van der Waals surface area (Å²) in [6.45, 7) is 4.41. The van der Waals surface area contributed by atoms with Gasteiger partial charge < -0.3 is 15.2 Å². The Kier molecular flexibility index (Phi) is 6.82. The Morgan fingerprint density at radius 3 is 2.45 bits per heavy atom. The molecule has 1 saturated carbocycles. The van der Waals surface area contributed by atoms with Gasteiger partial charge in [-0.15, -0.1) is 0 Å². The Labute approximate surface area is 169 Å². The molecular formula is C21H28F2N4O2. The summed E-state index contributed by atoms with van der Waals surface area (Å²) in [5.41, 5.74) is 0.658. The number of halogens is 2. The van der Waals surface area contributed by atoms with Crippen LogP contribution in [0.2, 0.25) is 0 Å². The fourth-order valence-electron chi connectivity index (χ4n) is 3.98. The van der Waals surface area contributed by atoms with Crippen molar-refractivity contribution in [3.05, 3.63) is 30.1 Å². The molecular weight excluding hydrogens is 378 g/mol. The Morgan fingerprint density at radius 1 is 1.10 bits per heavy atom. The molecule has 6 nitrogen and oxygen atoms in total. The molecule has 1 aromatic heterocycles. The Hall–Kier alpha value is -2.51. The van der Waals surface area contributed by atoms with Crippen LogP contribution in [0, 0.1) is 23.5 Å². The number of imidazole rings is 1. The molecule has 1 fully saturated rings. The van der Waals surface area contributed by atoms with Crippen LogP contribution in [0.4, 0.5) is 8.78 Å². The lowest BCUT2D eigenvalue weighted by Gasteiger charge is -2.23. The monoisotopic (exact) mass is 406 g/mol. The molecule has 1 aliphatic rings. The smallest absolute Gasteiger partial charge is 0.243 e. The van der Waals surface area contributed by atoms with E-state index in [4.69, 9.17) is 0 Å². The molecule has 1 aliphatic carbocycles. The molecule has 2 aromatic rings. The molecule has 29 heavy (non-hydrogen) atoms. The van der Waals surface area contributed by atoms with Crippen LogP contribution in [0.25, 0.3) is 11.0 Å². The summed E-state index contributed by atoms with van der Waals surface area (Å²) in [4.78, 5) is 29.1. The highest BCUT2D eigenvalue weighted by Gasteiger charge is 2.26. The first-order valence-electron chi connectivity index (χ1n) is 10.3.